The molecule has 0 saturated carbocycles. The summed E-state index contributed by atoms with van der Waals surface area (Å²) in [6.07, 6.45) is -0.457. The van der Waals surface area contributed by atoms with E-state index in [1.807, 2.05) is 4.90 Å². The van der Waals surface area contributed by atoms with Crippen LogP contribution in [0.15, 0.2) is 77.8 Å². The standard InChI is InChI=1S/C28H25F5N4O/c29-22-8-4-19(5-9-22)26(20-6-10-23(30)11-7-20)21-3-1-2-16-37(17-21)27(35-18-34)36-24-12-14-25(15-13-24)38-28(31,32)33/h4-15,21,26H,1-3,16-17H2,(H,35,36). The first kappa shape index (κ1) is 26.9. The Labute approximate surface area is 217 Å². The van der Waals surface area contributed by atoms with E-state index in [1.54, 1.807) is 30.5 Å². The third kappa shape index (κ3) is 7.22. The van der Waals surface area contributed by atoms with E-state index in [1.165, 1.54) is 48.5 Å². The lowest BCUT2D eigenvalue weighted by Crippen LogP contribution is -2.40. The van der Waals surface area contributed by atoms with Gasteiger partial charge in [0.25, 0.3) is 0 Å². The van der Waals surface area contributed by atoms with Gasteiger partial charge < -0.3 is 15.0 Å². The van der Waals surface area contributed by atoms with Crippen molar-refractivity contribution in [1.29, 1.82) is 5.26 Å². The highest BCUT2D eigenvalue weighted by Crippen LogP contribution is 2.37. The summed E-state index contributed by atoms with van der Waals surface area (Å²) in [4.78, 5) is 5.89. The van der Waals surface area contributed by atoms with Crippen LogP contribution in [0.4, 0.5) is 27.6 Å². The lowest BCUT2D eigenvalue weighted by Gasteiger charge is -2.32. The lowest BCUT2D eigenvalue weighted by molar-refractivity contribution is -0.274. The summed E-state index contributed by atoms with van der Waals surface area (Å²) in [5.74, 6) is -0.957. The van der Waals surface area contributed by atoms with E-state index in [-0.39, 0.29) is 35.2 Å². The van der Waals surface area contributed by atoms with Crippen molar-refractivity contribution in [3.8, 4) is 11.9 Å². The molecule has 1 aliphatic heterocycles. The third-order valence-corrected chi connectivity index (χ3v) is 6.44. The number of nitriles is 1. The maximum atomic E-state index is 13.7. The molecule has 1 heterocycles. The van der Waals surface area contributed by atoms with Gasteiger partial charge in [-0.15, -0.1) is 18.2 Å². The first-order valence-corrected chi connectivity index (χ1v) is 12.1. The number of anilines is 1. The Bertz CT molecular complexity index is 1220. The minimum absolute atomic E-state index is 0.0154. The maximum Gasteiger partial charge on any atom is 0.573 e. The van der Waals surface area contributed by atoms with Gasteiger partial charge in [-0.05, 0) is 78.4 Å². The second kappa shape index (κ2) is 11.9. The van der Waals surface area contributed by atoms with E-state index < -0.39 is 6.36 Å². The first-order valence-electron chi connectivity index (χ1n) is 12.1. The summed E-state index contributed by atoms with van der Waals surface area (Å²) in [5.41, 5.74) is 2.21. The fraction of sp³-hybridized carbons (Fsp3) is 0.286. The van der Waals surface area contributed by atoms with Crippen LogP contribution in [0.2, 0.25) is 0 Å². The minimum atomic E-state index is -4.80. The molecular weight excluding hydrogens is 503 g/mol. The smallest absolute Gasteiger partial charge is 0.406 e. The molecule has 4 rings (SSSR count). The van der Waals surface area contributed by atoms with E-state index in [9.17, 15) is 27.2 Å². The van der Waals surface area contributed by atoms with E-state index in [2.05, 4.69) is 15.0 Å². The van der Waals surface area contributed by atoms with Gasteiger partial charge >= 0.3 is 6.36 Å². The van der Waals surface area contributed by atoms with Crippen molar-refractivity contribution < 1.29 is 26.7 Å². The van der Waals surface area contributed by atoms with Crippen molar-refractivity contribution in [1.82, 2.24) is 4.90 Å². The molecular formula is C28H25F5N4O. The fourth-order valence-electron chi connectivity index (χ4n) is 4.81. The van der Waals surface area contributed by atoms with Crippen LogP contribution in [0.5, 0.6) is 5.75 Å². The second-order valence-corrected chi connectivity index (χ2v) is 9.02. The molecule has 1 unspecified atom stereocenters. The highest BCUT2D eigenvalue weighted by Gasteiger charge is 2.32. The Balaban J connectivity index is 1.59. The van der Waals surface area contributed by atoms with Gasteiger partial charge in [0.15, 0.2) is 0 Å². The van der Waals surface area contributed by atoms with Crippen molar-refractivity contribution in [2.24, 2.45) is 10.9 Å². The Morgan fingerprint density at radius 2 is 1.50 bits per heavy atom. The molecule has 1 atom stereocenters. The van der Waals surface area contributed by atoms with Crippen LogP contribution >= 0.6 is 0 Å². The maximum absolute atomic E-state index is 13.7. The second-order valence-electron chi connectivity index (χ2n) is 9.02. The highest BCUT2D eigenvalue weighted by atomic mass is 19.4. The number of ether oxygens (including phenoxy) is 1. The van der Waals surface area contributed by atoms with E-state index in [0.717, 1.165) is 30.4 Å². The SMILES string of the molecule is N#CN=C(Nc1ccc(OC(F)(F)F)cc1)N1CCCCC(C(c2ccc(F)cc2)c2ccc(F)cc2)C1. The number of rotatable bonds is 5. The molecule has 0 bridgehead atoms. The van der Waals surface area contributed by atoms with Gasteiger partial charge in [-0.3, -0.25) is 0 Å². The van der Waals surface area contributed by atoms with E-state index in [0.29, 0.717) is 18.8 Å². The van der Waals surface area contributed by atoms with Crippen molar-refractivity contribution >= 4 is 11.6 Å². The van der Waals surface area contributed by atoms with Gasteiger partial charge in [-0.2, -0.15) is 5.26 Å². The average Bonchev–Trinajstić information content (AvgIpc) is 3.13. The Kier molecular flexibility index (Phi) is 8.46. The molecule has 198 valence electrons. The number of hydrogen-bond acceptors (Lipinski definition) is 3. The number of nitrogens with zero attached hydrogens (tertiary/aromatic N) is 3. The molecule has 0 spiro atoms. The van der Waals surface area contributed by atoms with Gasteiger partial charge in [0.05, 0.1) is 0 Å². The number of likely N-dealkylation sites (tertiary alicyclic amines) is 1. The largest absolute Gasteiger partial charge is 0.573 e. The normalized spacial score (nSPS) is 16.6. The lowest BCUT2D eigenvalue weighted by atomic mass is 9.78. The van der Waals surface area contributed by atoms with Gasteiger partial charge in [-0.25, -0.2) is 8.78 Å². The number of benzene rings is 3. The molecule has 38 heavy (non-hydrogen) atoms. The molecule has 0 aromatic heterocycles. The van der Waals surface area contributed by atoms with Crippen LogP contribution < -0.4 is 10.1 Å². The van der Waals surface area contributed by atoms with Crippen LogP contribution in [0.25, 0.3) is 0 Å². The summed E-state index contributed by atoms with van der Waals surface area (Å²) >= 11 is 0. The van der Waals surface area contributed by atoms with Crippen molar-refractivity contribution in [2.45, 2.75) is 31.5 Å². The number of nitrogens with one attached hydrogen (secondary N) is 1. The zero-order valence-electron chi connectivity index (χ0n) is 20.3. The minimum Gasteiger partial charge on any atom is -0.406 e. The molecule has 3 aromatic rings. The topological polar surface area (TPSA) is 60.6 Å². The Hall–Kier alpha value is -4.13. The number of alkyl halides is 3. The average molecular weight is 529 g/mol. The number of guanidine groups is 1. The summed E-state index contributed by atoms with van der Waals surface area (Å²) in [6, 6.07) is 17.7. The van der Waals surface area contributed by atoms with Gasteiger partial charge in [0.2, 0.25) is 12.2 Å². The summed E-state index contributed by atoms with van der Waals surface area (Å²) < 4.78 is 68.8. The van der Waals surface area contributed by atoms with Crippen molar-refractivity contribution in [3.63, 3.8) is 0 Å². The molecule has 10 heteroatoms. The van der Waals surface area contributed by atoms with Gasteiger partial charge in [-0.1, -0.05) is 30.7 Å². The van der Waals surface area contributed by atoms with Crippen LogP contribution in [0.1, 0.15) is 36.3 Å². The van der Waals surface area contributed by atoms with Crippen LogP contribution in [0, 0.1) is 29.0 Å². The zero-order chi connectivity index (χ0) is 27.1. The van der Waals surface area contributed by atoms with Crippen LogP contribution in [-0.4, -0.2) is 30.3 Å². The first-order chi connectivity index (χ1) is 18.2. The fourth-order valence-corrected chi connectivity index (χ4v) is 4.81. The van der Waals surface area contributed by atoms with E-state index in [4.69, 9.17) is 0 Å². The molecule has 0 radical (unpaired) electrons. The predicted molar refractivity (Wildman–Crippen MR) is 133 cm³/mol. The molecule has 1 fully saturated rings. The quantitative estimate of drug-likeness (QED) is 0.167. The molecule has 1 saturated heterocycles. The van der Waals surface area contributed by atoms with E-state index >= 15 is 0 Å². The Morgan fingerprint density at radius 3 is 2.03 bits per heavy atom. The predicted octanol–water partition coefficient (Wildman–Crippen LogP) is 7.05. The van der Waals surface area contributed by atoms with Crippen LogP contribution in [0.3, 0.4) is 0 Å². The van der Waals surface area contributed by atoms with Gasteiger partial charge in [0.1, 0.15) is 17.4 Å². The molecule has 0 aliphatic carbocycles. The zero-order valence-corrected chi connectivity index (χ0v) is 20.3. The monoisotopic (exact) mass is 528 g/mol. The van der Waals surface area contributed by atoms with Crippen LogP contribution in [-0.2, 0) is 0 Å². The van der Waals surface area contributed by atoms with Crippen molar-refractivity contribution in [3.05, 3.63) is 95.6 Å². The highest BCUT2D eigenvalue weighted by molar-refractivity contribution is 5.94. The summed E-state index contributed by atoms with van der Waals surface area (Å²) in [7, 11) is 0. The molecule has 5 nitrogen and oxygen atoms in total. The third-order valence-electron chi connectivity index (χ3n) is 6.44. The summed E-state index contributed by atoms with van der Waals surface area (Å²) in [5, 5.41) is 12.4. The number of halogens is 5. The van der Waals surface area contributed by atoms with Gasteiger partial charge in [0, 0.05) is 24.7 Å². The Morgan fingerprint density at radius 1 is 0.921 bits per heavy atom. The van der Waals surface area contributed by atoms with Crippen molar-refractivity contribution in [2.75, 3.05) is 18.4 Å². The molecule has 1 N–H and O–H groups in total. The summed E-state index contributed by atoms with van der Waals surface area (Å²) in [6.45, 7) is 1.08. The molecule has 3 aromatic carbocycles. The number of aliphatic imine (C=N–C) groups is 1. The molecule has 1 aliphatic rings. The molecule has 0 amide bonds. The number of hydrogen-bond donors (Lipinski definition) is 1.